The lowest BCUT2D eigenvalue weighted by atomic mass is 9.81. The molecule has 0 fully saturated rings. The van der Waals surface area contributed by atoms with Crippen molar-refractivity contribution >= 4 is 43.1 Å². The molecule has 1 heteroatoms. The molecule has 2 aliphatic rings. The predicted molar refractivity (Wildman–Crippen MR) is 210 cm³/mol. The van der Waals surface area contributed by atoms with Crippen molar-refractivity contribution in [1.29, 1.82) is 0 Å². The van der Waals surface area contributed by atoms with E-state index in [0.717, 1.165) is 17.1 Å². The van der Waals surface area contributed by atoms with Crippen molar-refractivity contribution in [3.8, 4) is 56.0 Å². The smallest absolute Gasteiger partial charge is 0.135 e. The van der Waals surface area contributed by atoms with Gasteiger partial charge in [-0.2, -0.15) is 0 Å². The maximum Gasteiger partial charge on any atom is 0.135 e. The van der Waals surface area contributed by atoms with E-state index in [0.29, 0.717) is 0 Å². The van der Waals surface area contributed by atoms with Crippen molar-refractivity contribution in [3.05, 3.63) is 169 Å². The molecule has 0 bridgehead atoms. The Balaban J connectivity index is 1.06. The summed E-state index contributed by atoms with van der Waals surface area (Å²) in [6.45, 7) is 4.74. The van der Waals surface area contributed by atoms with Crippen molar-refractivity contribution in [1.82, 2.24) is 0 Å². The van der Waals surface area contributed by atoms with Crippen LogP contribution in [0.25, 0.3) is 87.6 Å². The fourth-order valence-electron chi connectivity index (χ4n) is 9.04. The van der Waals surface area contributed by atoms with E-state index in [1.165, 1.54) is 93.2 Å². The first-order valence-corrected chi connectivity index (χ1v) is 17.5. The molecule has 9 aromatic rings. The van der Waals surface area contributed by atoms with Crippen molar-refractivity contribution < 1.29 is 4.74 Å². The Morgan fingerprint density at radius 2 is 1.00 bits per heavy atom. The number of hydrogen-bond acceptors (Lipinski definition) is 1. The van der Waals surface area contributed by atoms with E-state index in [2.05, 4.69) is 172 Å². The van der Waals surface area contributed by atoms with E-state index < -0.39 is 0 Å². The molecule has 0 spiro atoms. The van der Waals surface area contributed by atoms with Gasteiger partial charge in [-0.15, -0.1) is 0 Å². The summed E-state index contributed by atoms with van der Waals surface area (Å²) < 4.78 is 6.82. The van der Waals surface area contributed by atoms with Gasteiger partial charge in [0.15, 0.2) is 0 Å². The summed E-state index contributed by atoms with van der Waals surface area (Å²) in [7, 11) is 0. The maximum absolute atomic E-state index is 6.82. The fraction of sp³-hybridized carbons (Fsp3) is 0.0612. The number of fused-ring (bicyclic) bond motifs is 9. The van der Waals surface area contributed by atoms with Crippen molar-refractivity contribution in [3.63, 3.8) is 0 Å². The quantitative estimate of drug-likeness (QED) is 0.172. The highest BCUT2D eigenvalue weighted by Crippen LogP contribution is 2.54. The summed E-state index contributed by atoms with van der Waals surface area (Å²) >= 11 is 0. The summed E-state index contributed by atoms with van der Waals surface area (Å²) in [5.74, 6) is 1.81. The first kappa shape index (κ1) is 27.7. The van der Waals surface area contributed by atoms with E-state index in [4.69, 9.17) is 4.74 Å². The molecule has 0 N–H and O–H groups in total. The molecule has 50 heavy (non-hydrogen) atoms. The van der Waals surface area contributed by atoms with Crippen molar-refractivity contribution in [2.75, 3.05) is 0 Å². The SMILES string of the molecule is CC1(C)c2cc(-c3ccc4c5c(cccc35)Oc3cc(-c5c6ccccc6cc6ccccc56)ccc3-4)ccc2-c2c1ccc1ccccc21. The van der Waals surface area contributed by atoms with Crippen LogP contribution in [-0.4, -0.2) is 0 Å². The Labute approximate surface area is 291 Å². The van der Waals surface area contributed by atoms with Gasteiger partial charge in [0, 0.05) is 16.4 Å². The van der Waals surface area contributed by atoms with Gasteiger partial charge < -0.3 is 4.74 Å². The normalized spacial score (nSPS) is 13.7. The van der Waals surface area contributed by atoms with Gasteiger partial charge in [0.2, 0.25) is 0 Å². The summed E-state index contributed by atoms with van der Waals surface area (Å²) in [6.07, 6.45) is 0. The van der Waals surface area contributed by atoms with E-state index in [-0.39, 0.29) is 5.41 Å². The zero-order valence-corrected chi connectivity index (χ0v) is 27.9. The number of ether oxygens (including phenoxy) is 1. The van der Waals surface area contributed by atoms with Gasteiger partial charge in [0.05, 0.1) is 0 Å². The molecular weight excluding hydrogens is 605 g/mol. The first-order valence-electron chi connectivity index (χ1n) is 17.5. The molecule has 0 amide bonds. The Morgan fingerprint density at radius 1 is 0.380 bits per heavy atom. The third-order valence-electron chi connectivity index (χ3n) is 11.4. The lowest BCUT2D eigenvalue weighted by Crippen LogP contribution is -2.15. The van der Waals surface area contributed by atoms with Crippen LogP contribution in [0.1, 0.15) is 25.0 Å². The highest BCUT2D eigenvalue weighted by Gasteiger charge is 2.36. The molecule has 1 nitrogen and oxygen atoms in total. The van der Waals surface area contributed by atoms with Crippen LogP contribution in [0.4, 0.5) is 0 Å². The molecule has 9 aromatic carbocycles. The van der Waals surface area contributed by atoms with E-state index in [1.54, 1.807) is 0 Å². The van der Waals surface area contributed by atoms with Crippen molar-refractivity contribution in [2.24, 2.45) is 0 Å². The third-order valence-corrected chi connectivity index (χ3v) is 11.4. The standard InChI is InChI=1S/C49H32O/c1-49(2)42-25-20-29-10-3-6-13-35(29)47(42)41-22-18-32(27-43(41)49)34-23-24-40-38-21-19-33(28-45(38)50-44-17-9-16-39(34)48(40)44)46-36-14-7-4-11-30(36)26-31-12-5-8-15-37(31)46/h3-28H,1-2H3. The third kappa shape index (κ3) is 3.72. The molecule has 0 atom stereocenters. The van der Waals surface area contributed by atoms with Crippen LogP contribution < -0.4 is 4.74 Å². The molecule has 0 saturated carbocycles. The molecule has 1 aliphatic carbocycles. The monoisotopic (exact) mass is 636 g/mol. The highest BCUT2D eigenvalue weighted by atomic mass is 16.5. The van der Waals surface area contributed by atoms with Gasteiger partial charge in [0.1, 0.15) is 11.5 Å². The minimum Gasteiger partial charge on any atom is -0.456 e. The van der Waals surface area contributed by atoms with Crippen LogP contribution in [0.3, 0.4) is 0 Å². The number of hydrogen-bond donors (Lipinski definition) is 0. The minimum absolute atomic E-state index is 0.0911. The Morgan fingerprint density at radius 3 is 1.78 bits per heavy atom. The predicted octanol–water partition coefficient (Wildman–Crippen LogP) is 13.7. The van der Waals surface area contributed by atoms with Gasteiger partial charge in [0.25, 0.3) is 0 Å². The van der Waals surface area contributed by atoms with Gasteiger partial charge >= 0.3 is 0 Å². The molecule has 1 heterocycles. The van der Waals surface area contributed by atoms with Crippen LogP contribution in [0.5, 0.6) is 11.5 Å². The zero-order valence-electron chi connectivity index (χ0n) is 27.9. The number of benzene rings is 9. The second kappa shape index (κ2) is 9.94. The Hall–Kier alpha value is -6.18. The zero-order chi connectivity index (χ0) is 33.1. The lowest BCUT2D eigenvalue weighted by molar-refractivity contribution is 0.487. The average Bonchev–Trinajstić information content (AvgIpc) is 3.39. The fourth-order valence-corrected chi connectivity index (χ4v) is 9.04. The average molecular weight is 637 g/mol. The van der Waals surface area contributed by atoms with Crippen LogP contribution in [0, 0.1) is 0 Å². The molecule has 0 unspecified atom stereocenters. The van der Waals surface area contributed by atoms with Gasteiger partial charge in [-0.3, -0.25) is 0 Å². The summed E-state index contributed by atoms with van der Waals surface area (Å²) in [4.78, 5) is 0. The van der Waals surface area contributed by atoms with Crippen molar-refractivity contribution in [2.45, 2.75) is 19.3 Å². The second-order valence-electron chi connectivity index (χ2n) is 14.4. The molecule has 0 saturated heterocycles. The largest absolute Gasteiger partial charge is 0.456 e. The summed E-state index contributed by atoms with van der Waals surface area (Å²) in [5, 5.41) is 10.0. The van der Waals surface area contributed by atoms with Gasteiger partial charge in [-0.05, 0) is 118 Å². The molecule has 234 valence electrons. The highest BCUT2D eigenvalue weighted by molar-refractivity contribution is 6.14. The summed E-state index contributed by atoms with van der Waals surface area (Å²) in [6, 6.07) is 58.0. The molecule has 0 aromatic heterocycles. The van der Waals surface area contributed by atoms with Crippen LogP contribution in [0.2, 0.25) is 0 Å². The van der Waals surface area contributed by atoms with Crippen LogP contribution in [0.15, 0.2) is 158 Å². The molecular formula is C49H32O. The molecule has 11 rings (SSSR count). The topological polar surface area (TPSA) is 9.23 Å². The Bertz CT molecular complexity index is 2870. The van der Waals surface area contributed by atoms with E-state index in [1.807, 2.05) is 0 Å². The minimum atomic E-state index is -0.0911. The first-order chi connectivity index (χ1) is 24.5. The van der Waals surface area contributed by atoms with Crippen LogP contribution in [-0.2, 0) is 5.41 Å². The maximum atomic E-state index is 6.82. The van der Waals surface area contributed by atoms with Gasteiger partial charge in [-0.1, -0.05) is 141 Å². The second-order valence-corrected chi connectivity index (χ2v) is 14.4. The summed E-state index contributed by atoms with van der Waals surface area (Å²) in [5.41, 5.74) is 12.7. The lowest BCUT2D eigenvalue weighted by Gasteiger charge is -2.24. The van der Waals surface area contributed by atoms with E-state index in [9.17, 15) is 0 Å². The Kier molecular flexibility index (Phi) is 5.51. The molecule has 1 aliphatic heterocycles. The van der Waals surface area contributed by atoms with Crippen LogP contribution >= 0.6 is 0 Å². The van der Waals surface area contributed by atoms with E-state index >= 15 is 0 Å². The molecule has 0 radical (unpaired) electrons. The van der Waals surface area contributed by atoms with Gasteiger partial charge in [-0.25, -0.2) is 0 Å². The number of rotatable bonds is 2.